The van der Waals surface area contributed by atoms with Crippen molar-refractivity contribution < 1.29 is 13.3 Å². The van der Waals surface area contributed by atoms with Crippen molar-refractivity contribution in [3.05, 3.63) is 48.5 Å². The van der Waals surface area contributed by atoms with Gasteiger partial charge in [-0.25, -0.2) is 13.4 Å². The summed E-state index contributed by atoms with van der Waals surface area (Å²) in [7, 11) is -1.66. The lowest BCUT2D eigenvalue weighted by Gasteiger charge is -2.07. The zero-order chi connectivity index (χ0) is 18.1. The molecule has 0 atom stereocenters. The molecule has 1 aromatic carbocycles. The van der Waals surface area contributed by atoms with E-state index in [1.807, 2.05) is 12.5 Å². The lowest BCUT2D eigenvalue weighted by atomic mass is 10.0. The molecule has 0 unspecified atom stereocenters. The number of imidazole rings is 1. The molecule has 136 valence electrons. The van der Waals surface area contributed by atoms with Crippen molar-refractivity contribution in [2.24, 2.45) is 5.16 Å². The van der Waals surface area contributed by atoms with Gasteiger partial charge in [0.1, 0.15) is 7.11 Å². The van der Waals surface area contributed by atoms with Gasteiger partial charge >= 0.3 is 0 Å². The van der Waals surface area contributed by atoms with Gasteiger partial charge in [-0.05, 0) is 37.0 Å². The third-order valence-electron chi connectivity index (χ3n) is 3.96. The Morgan fingerprint density at radius 1 is 1.16 bits per heavy atom. The quantitative estimate of drug-likeness (QED) is 0.369. The molecule has 0 amide bonds. The number of nitrogens with zero attached hydrogens (tertiary/aromatic N) is 3. The first kappa shape index (κ1) is 19.2. The van der Waals surface area contributed by atoms with Gasteiger partial charge in [0.2, 0.25) is 0 Å². The predicted octanol–water partition coefficient (Wildman–Crippen LogP) is 3.29. The van der Waals surface area contributed by atoms with Gasteiger partial charge in [0.25, 0.3) is 0 Å². The summed E-state index contributed by atoms with van der Waals surface area (Å²) in [6.07, 6.45) is 12.0. The van der Waals surface area contributed by atoms with Gasteiger partial charge in [0.15, 0.2) is 9.84 Å². The molecule has 0 radical (unpaired) electrons. The molecule has 0 bridgehead atoms. The number of oxime groups is 1. The van der Waals surface area contributed by atoms with Crippen LogP contribution in [-0.4, -0.2) is 37.0 Å². The normalized spacial score (nSPS) is 12.3. The van der Waals surface area contributed by atoms with Gasteiger partial charge in [-0.3, -0.25) is 0 Å². The number of unbranched alkanes of at least 4 members (excludes halogenated alkanes) is 3. The summed E-state index contributed by atoms with van der Waals surface area (Å²) in [5.74, 6) is 0. The molecule has 0 fully saturated rings. The van der Waals surface area contributed by atoms with E-state index in [-0.39, 0.29) is 0 Å². The summed E-state index contributed by atoms with van der Waals surface area (Å²) in [5.41, 5.74) is 1.74. The van der Waals surface area contributed by atoms with E-state index in [2.05, 4.69) is 14.7 Å². The molecule has 25 heavy (non-hydrogen) atoms. The zero-order valence-corrected chi connectivity index (χ0v) is 15.6. The Bertz CT molecular complexity index is 766. The number of hydrogen-bond donors (Lipinski definition) is 0. The van der Waals surface area contributed by atoms with Crippen LogP contribution in [0.4, 0.5) is 0 Å². The molecule has 0 N–H and O–H groups in total. The van der Waals surface area contributed by atoms with Gasteiger partial charge in [-0.1, -0.05) is 30.1 Å². The van der Waals surface area contributed by atoms with Gasteiger partial charge in [0.05, 0.1) is 16.9 Å². The number of hydrogen-bond acceptors (Lipinski definition) is 5. The van der Waals surface area contributed by atoms with E-state index in [1.54, 1.807) is 30.5 Å². The first-order valence-corrected chi connectivity index (χ1v) is 10.3. The minimum atomic E-state index is -3.18. The number of aromatic nitrogens is 2. The molecule has 0 aliphatic heterocycles. The zero-order valence-electron chi connectivity index (χ0n) is 14.8. The Morgan fingerprint density at radius 3 is 2.48 bits per heavy atom. The molecular formula is C18H25N3O3S. The SMILES string of the molecule is CO/N=C(/CCCCCCn1ccnc1)c1ccc(S(C)(=O)=O)cc1. The Kier molecular flexibility index (Phi) is 7.18. The highest BCUT2D eigenvalue weighted by atomic mass is 32.2. The molecular weight excluding hydrogens is 338 g/mol. The summed E-state index contributed by atoms with van der Waals surface area (Å²) in [5, 5.41) is 4.10. The number of aryl methyl sites for hydroxylation is 1. The van der Waals surface area contributed by atoms with Gasteiger partial charge in [-0.2, -0.15) is 0 Å². The maximum Gasteiger partial charge on any atom is 0.175 e. The van der Waals surface area contributed by atoms with Crippen molar-refractivity contribution >= 4 is 15.5 Å². The van der Waals surface area contributed by atoms with E-state index in [9.17, 15) is 8.42 Å². The smallest absolute Gasteiger partial charge is 0.175 e. The summed E-state index contributed by atoms with van der Waals surface area (Å²) in [6.45, 7) is 0.992. The van der Waals surface area contributed by atoms with E-state index in [4.69, 9.17) is 4.84 Å². The summed E-state index contributed by atoms with van der Waals surface area (Å²) < 4.78 is 25.2. The second kappa shape index (κ2) is 9.36. The molecule has 7 heteroatoms. The first-order valence-electron chi connectivity index (χ1n) is 8.37. The van der Waals surface area contributed by atoms with Crippen molar-refractivity contribution in [2.45, 2.75) is 43.5 Å². The maximum absolute atomic E-state index is 11.5. The molecule has 6 nitrogen and oxygen atoms in total. The predicted molar refractivity (Wildman–Crippen MR) is 98.4 cm³/mol. The second-order valence-corrected chi connectivity index (χ2v) is 8.00. The highest BCUT2D eigenvalue weighted by molar-refractivity contribution is 7.90. The fraction of sp³-hybridized carbons (Fsp3) is 0.444. The van der Waals surface area contributed by atoms with Crippen LogP contribution in [-0.2, 0) is 21.2 Å². The van der Waals surface area contributed by atoms with Crippen LogP contribution in [0, 0.1) is 0 Å². The van der Waals surface area contributed by atoms with E-state index < -0.39 is 9.84 Å². The Balaban J connectivity index is 1.81. The van der Waals surface area contributed by atoms with Crippen molar-refractivity contribution in [2.75, 3.05) is 13.4 Å². The van der Waals surface area contributed by atoms with E-state index in [0.717, 1.165) is 49.9 Å². The average molecular weight is 363 g/mol. The van der Waals surface area contributed by atoms with E-state index >= 15 is 0 Å². The molecule has 1 heterocycles. The minimum Gasteiger partial charge on any atom is -0.399 e. The van der Waals surface area contributed by atoms with E-state index in [1.165, 1.54) is 13.4 Å². The summed E-state index contributed by atoms with van der Waals surface area (Å²) in [6, 6.07) is 6.79. The van der Waals surface area contributed by atoms with Crippen LogP contribution in [0.2, 0.25) is 0 Å². The highest BCUT2D eigenvalue weighted by Gasteiger charge is 2.09. The molecule has 0 aliphatic rings. The van der Waals surface area contributed by atoms with Gasteiger partial charge < -0.3 is 9.40 Å². The van der Waals surface area contributed by atoms with Crippen LogP contribution in [0.25, 0.3) is 0 Å². The standard InChI is InChI=1S/C18H25N3O3S/c1-24-20-18(16-8-10-17(11-9-16)25(2,22)23)7-5-3-4-6-13-21-14-12-19-15-21/h8-12,14-15H,3-7,13H2,1-2H3/b20-18-. The van der Waals surface area contributed by atoms with Crippen LogP contribution in [0.1, 0.15) is 37.7 Å². The van der Waals surface area contributed by atoms with Crippen molar-refractivity contribution in [3.63, 3.8) is 0 Å². The Morgan fingerprint density at radius 2 is 1.88 bits per heavy atom. The number of sulfone groups is 1. The number of rotatable bonds is 10. The van der Waals surface area contributed by atoms with Crippen molar-refractivity contribution in [1.29, 1.82) is 0 Å². The lowest BCUT2D eigenvalue weighted by Crippen LogP contribution is -2.04. The van der Waals surface area contributed by atoms with Gasteiger partial charge in [-0.15, -0.1) is 0 Å². The third-order valence-corrected chi connectivity index (χ3v) is 5.08. The van der Waals surface area contributed by atoms with Crippen LogP contribution < -0.4 is 0 Å². The van der Waals surface area contributed by atoms with Crippen molar-refractivity contribution in [3.8, 4) is 0 Å². The molecule has 2 rings (SSSR count). The fourth-order valence-corrected chi connectivity index (χ4v) is 3.24. The molecule has 1 aromatic heterocycles. The number of benzene rings is 1. The van der Waals surface area contributed by atoms with Crippen LogP contribution >= 0.6 is 0 Å². The van der Waals surface area contributed by atoms with Crippen LogP contribution in [0.5, 0.6) is 0 Å². The van der Waals surface area contributed by atoms with E-state index in [0.29, 0.717) is 4.90 Å². The molecule has 2 aromatic rings. The van der Waals surface area contributed by atoms with Crippen molar-refractivity contribution in [1.82, 2.24) is 9.55 Å². The average Bonchev–Trinajstić information content (AvgIpc) is 3.10. The van der Waals surface area contributed by atoms with Crippen LogP contribution in [0.3, 0.4) is 0 Å². The minimum absolute atomic E-state index is 0.313. The second-order valence-electron chi connectivity index (χ2n) is 5.98. The maximum atomic E-state index is 11.5. The van der Waals surface area contributed by atoms with Crippen LogP contribution in [0.15, 0.2) is 53.0 Å². The highest BCUT2D eigenvalue weighted by Crippen LogP contribution is 2.15. The third kappa shape index (κ3) is 6.34. The molecule has 0 saturated heterocycles. The fourth-order valence-electron chi connectivity index (χ4n) is 2.61. The summed E-state index contributed by atoms with van der Waals surface area (Å²) in [4.78, 5) is 9.29. The molecule has 0 saturated carbocycles. The largest absolute Gasteiger partial charge is 0.399 e. The molecule has 0 aliphatic carbocycles. The summed E-state index contributed by atoms with van der Waals surface area (Å²) >= 11 is 0. The Labute approximate surface area is 149 Å². The Hall–Kier alpha value is -2.15. The monoisotopic (exact) mass is 363 g/mol. The molecule has 0 spiro atoms. The first-order chi connectivity index (χ1) is 12.0. The lowest BCUT2D eigenvalue weighted by molar-refractivity contribution is 0.212. The topological polar surface area (TPSA) is 73.5 Å². The van der Waals surface area contributed by atoms with Gasteiger partial charge in [0, 0.05) is 25.2 Å².